The van der Waals surface area contributed by atoms with Crippen molar-refractivity contribution in [3.05, 3.63) is 30.0 Å². The summed E-state index contributed by atoms with van der Waals surface area (Å²) < 4.78 is 5.34. The fourth-order valence-corrected chi connectivity index (χ4v) is 4.06. The Balaban J connectivity index is 1.70. The summed E-state index contributed by atoms with van der Waals surface area (Å²) in [4.78, 5) is 40.8. The predicted molar refractivity (Wildman–Crippen MR) is 120 cm³/mol. The molecule has 174 valence electrons. The fourth-order valence-electron chi connectivity index (χ4n) is 4.06. The minimum atomic E-state index is -0.776. The molecule has 9 nitrogen and oxygen atoms in total. The molecule has 0 saturated carbocycles. The average molecular weight is 445 g/mol. The van der Waals surface area contributed by atoms with E-state index in [1.807, 2.05) is 32.0 Å². The van der Waals surface area contributed by atoms with Crippen LogP contribution in [-0.2, 0) is 9.59 Å². The number of nitrogens with one attached hydrogen (secondary N) is 4. The van der Waals surface area contributed by atoms with Crippen molar-refractivity contribution in [3.8, 4) is 5.75 Å². The van der Waals surface area contributed by atoms with Crippen LogP contribution in [0, 0.1) is 11.8 Å². The zero-order valence-electron chi connectivity index (χ0n) is 18.7. The molecule has 1 aromatic heterocycles. The molecule has 1 aromatic carbocycles. The van der Waals surface area contributed by atoms with Gasteiger partial charge in [-0.25, -0.2) is 0 Å². The molecule has 0 spiro atoms. The third-order valence-corrected chi connectivity index (χ3v) is 5.72. The van der Waals surface area contributed by atoms with Crippen LogP contribution >= 0.6 is 0 Å². The first-order valence-corrected chi connectivity index (χ1v) is 11.0. The number of H-pyrrole nitrogens is 1. The fraction of sp³-hybridized carbons (Fsp3) is 0.522. The number of aromatic nitrogens is 1. The second-order valence-electron chi connectivity index (χ2n) is 8.66. The number of aromatic amines is 1. The highest BCUT2D eigenvalue weighted by Gasteiger charge is 2.30. The number of benzene rings is 1. The van der Waals surface area contributed by atoms with E-state index in [2.05, 4.69) is 20.9 Å². The number of aliphatic hydroxyl groups excluding tert-OH is 1. The minimum Gasteiger partial charge on any atom is -0.496 e. The second kappa shape index (κ2) is 10.5. The summed E-state index contributed by atoms with van der Waals surface area (Å²) in [7, 11) is 1.57. The lowest BCUT2D eigenvalue weighted by molar-refractivity contribution is -0.126. The molecular weight excluding hydrogens is 412 g/mol. The first-order valence-electron chi connectivity index (χ1n) is 11.0. The molecule has 1 aliphatic rings. The van der Waals surface area contributed by atoms with Gasteiger partial charge in [0.25, 0.3) is 5.91 Å². The molecule has 1 fully saturated rings. The number of amides is 3. The Morgan fingerprint density at radius 3 is 2.69 bits per heavy atom. The van der Waals surface area contributed by atoms with Gasteiger partial charge in [-0.05, 0) is 43.4 Å². The molecule has 2 heterocycles. The van der Waals surface area contributed by atoms with E-state index in [1.54, 1.807) is 13.2 Å². The first kappa shape index (κ1) is 23.6. The monoisotopic (exact) mass is 444 g/mol. The summed E-state index contributed by atoms with van der Waals surface area (Å²) in [6, 6.07) is 5.85. The number of carbonyl (C=O) groups is 3. The van der Waals surface area contributed by atoms with Gasteiger partial charge in [0, 0.05) is 23.4 Å². The maximum Gasteiger partial charge on any atom is 0.268 e. The number of hydrogen-bond acceptors (Lipinski definition) is 5. The molecule has 32 heavy (non-hydrogen) atoms. The summed E-state index contributed by atoms with van der Waals surface area (Å²) in [5.41, 5.74) is 1.09. The molecule has 9 heteroatoms. The van der Waals surface area contributed by atoms with Crippen LogP contribution in [0.5, 0.6) is 5.75 Å². The maximum atomic E-state index is 13.0. The lowest BCUT2D eigenvalue weighted by Gasteiger charge is -2.24. The third-order valence-electron chi connectivity index (χ3n) is 5.72. The number of carbonyl (C=O) groups excluding carboxylic acids is 3. The molecule has 3 amide bonds. The van der Waals surface area contributed by atoms with E-state index in [-0.39, 0.29) is 30.3 Å². The summed E-state index contributed by atoms with van der Waals surface area (Å²) in [5.74, 6) is -0.262. The van der Waals surface area contributed by atoms with Crippen molar-refractivity contribution >= 4 is 28.6 Å². The topological polar surface area (TPSA) is 133 Å². The smallest absolute Gasteiger partial charge is 0.268 e. The Hall–Kier alpha value is -3.07. The highest BCUT2D eigenvalue weighted by Crippen LogP contribution is 2.26. The van der Waals surface area contributed by atoms with Crippen LogP contribution in [0.3, 0.4) is 0 Å². The van der Waals surface area contributed by atoms with Gasteiger partial charge < -0.3 is 30.8 Å². The van der Waals surface area contributed by atoms with E-state index in [4.69, 9.17) is 4.74 Å². The average Bonchev–Trinajstić information content (AvgIpc) is 3.38. The number of aliphatic hydroxyl groups is 1. The molecule has 1 saturated heterocycles. The molecule has 0 radical (unpaired) electrons. The molecule has 0 aliphatic carbocycles. The van der Waals surface area contributed by atoms with Gasteiger partial charge >= 0.3 is 0 Å². The van der Waals surface area contributed by atoms with E-state index >= 15 is 0 Å². The van der Waals surface area contributed by atoms with E-state index in [0.29, 0.717) is 37.3 Å². The van der Waals surface area contributed by atoms with Crippen LogP contribution in [0.2, 0.25) is 0 Å². The zero-order chi connectivity index (χ0) is 23.3. The zero-order valence-corrected chi connectivity index (χ0v) is 18.7. The normalized spacial score (nSPS) is 17.8. The summed E-state index contributed by atoms with van der Waals surface area (Å²) in [6.45, 7) is 4.26. The quantitative estimate of drug-likeness (QED) is 0.377. The molecule has 3 rings (SSSR count). The van der Waals surface area contributed by atoms with Crippen molar-refractivity contribution in [3.63, 3.8) is 0 Å². The Bertz CT molecular complexity index is 970. The lowest BCUT2D eigenvalue weighted by atomic mass is 9.97. The Morgan fingerprint density at radius 2 is 2.06 bits per heavy atom. The predicted octanol–water partition coefficient (Wildman–Crippen LogP) is 1.32. The number of fused-ring (bicyclic) bond motifs is 1. The highest BCUT2D eigenvalue weighted by molar-refractivity contribution is 6.01. The van der Waals surface area contributed by atoms with E-state index in [9.17, 15) is 19.5 Å². The van der Waals surface area contributed by atoms with Crippen molar-refractivity contribution in [2.45, 2.75) is 45.2 Å². The second-order valence-corrected chi connectivity index (χ2v) is 8.66. The van der Waals surface area contributed by atoms with Gasteiger partial charge in [-0.2, -0.15) is 0 Å². The van der Waals surface area contributed by atoms with E-state index in [1.165, 1.54) is 0 Å². The number of rotatable bonds is 10. The molecule has 2 aromatic rings. The van der Waals surface area contributed by atoms with E-state index < -0.39 is 18.0 Å². The largest absolute Gasteiger partial charge is 0.496 e. The number of ether oxygens (including phenoxy) is 1. The van der Waals surface area contributed by atoms with Gasteiger partial charge in [-0.15, -0.1) is 0 Å². The van der Waals surface area contributed by atoms with E-state index in [0.717, 1.165) is 10.9 Å². The van der Waals surface area contributed by atoms with Crippen LogP contribution in [0.25, 0.3) is 10.9 Å². The molecule has 5 N–H and O–H groups in total. The minimum absolute atomic E-state index is 0.0565. The first-order chi connectivity index (χ1) is 15.3. The van der Waals surface area contributed by atoms with Crippen molar-refractivity contribution in [1.29, 1.82) is 0 Å². The van der Waals surface area contributed by atoms with Crippen LogP contribution in [0.15, 0.2) is 24.3 Å². The van der Waals surface area contributed by atoms with Gasteiger partial charge in [0.05, 0.1) is 19.8 Å². The Kier molecular flexibility index (Phi) is 7.74. The number of methoxy groups -OCH3 is 1. The summed E-state index contributed by atoms with van der Waals surface area (Å²) in [6.07, 6.45) is 1.47. The van der Waals surface area contributed by atoms with Crippen LogP contribution < -0.4 is 20.7 Å². The standard InChI is InChI=1S/C23H32N4O5/c1-13(2)9-18(22(30)25-15(12-28)10-14-7-8-24-21(14)29)27-23(31)19-11-16-17(26-19)5-4-6-20(16)32-3/h4-6,11,13-15,18,26,28H,7-10,12H2,1-3H3,(H,24,29)(H,25,30)(H,27,31)/t14-,15-,18-/m1/s1. The number of hydrogen-bond donors (Lipinski definition) is 5. The highest BCUT2D eigenvalue weighted by atomic mass is 16.5. The molecular formula is C23H32N4O5. The summed E-state index contributed by atoms with van der Waals surface area (Å²) in [5, 5.41) is 18.9. The van der Waals surface area contributed by atoms with Crippen molar-refractivity contribution in [2.75, 3.05) is 20.3 Å². The Labute approximate surface area is 187 Å². The van der Waals surface area contributed by atoms with Crippen LogP contribution in [-0.4, -0.2) is 60.2 Å². The van der Waals surface area contributed by atoms with Crippen molar-refractivity contribution in [1.82, 2.24) is 20.9 Å². The van der Waals surface area contributed by atoms with Gasteiger partial charge in [-0.1, -0.05) is 19.9 Å². The Morgan fingerprint density at radius 1 is 1.28 bits per heavy atom. The van der Waals surface area contributed by atoms with Crippen molar-refractivity contribution in [2.24, 2.45) is 11.8 Å². The summed E-state index contributed by atoms with van der Waals surface area (Å²) >= 11 is 0. The van der Waals surface area contributed by atoms with Gasteiger partial charge in [0.2, 0.25) is 11.8 Å². The van der Waals surface area contributed by atoms with Gasteiger partial charge in [0.15, 0.2) is 0 Å². The third kappa shape index (κ3) is 5.59. The SMILES string of the molecule is COc1cccc2[nH]c(C(=O)N[C@H](CC(C)C)C(=O)N[C@@H](CO)C[C@H]3CCNC3=O)cc12. The van der Waals surface area contributed by atoms with Gasteiger partial charge in [0.1, 0.15) is 17.5 Å². The molecule has 3 atom stereocenters. The maximum absolute atomic E-state index is 13.0. The molecule has 0 bridgehead atoms. The van der Waals surface area contributed by atoms with Crippen LogP contribution in [0.1, 0.15) is 43.6 Å². The molecule has 0 unspecified atom stereocenters. The molecule has 1 aliphatic heterocycles. The lowest BCUT2D eigenvalue weighted by Crippen LogP contribution is -2.51. The van der Waals surface area contributed by atoms with Crippen LogP contribution in [0.4, 0.5) is 0 Å². The van der Waals surface area contributed by atoms with Gasteiger partial charge in [-0.3, -0.25) is 14.4 Å². The van der Waals surface area contributed by atoms with Crippen molar-refractivity contribution < 1.29 is 24.2 Å².